The van der Waals surface area contributed by atoms with Crippen molar-refractivity contribution in [3.8, 4) is 21.7 Å². The quantitative estimate of drug-likeness (QED) is 0.218. The molecule has 0 aliphatic heterocycles. The van der Waals surface area contributed by atoms with Gasteiger partial charge >= 0.3 is 0 Å². The van der Waals surface area contributed by atoms with Crippen molar-refractivity contribution in [3.05, 3.63) is 82.5 Å². The third kappa shape index (κ3) is 6.50. The standard InChI is InChI=1S/C27H29ClN4O2S2/c1-18(2)27-32-25(20-7-4-6-19(3)16-20)26(35-27)21-12-15-30-24(17-21)29-13-5-14-31-36(33,34)23-10-8-22(28)9-11-23/h4,6-12,15-18,31H,5,13-14H2,1-3H3,(H,29,30). The minimum Gasteiger partial charge on any atom is -0.370 e. The molecule has 0 spiro atoms. The fraction of sp³-hybridized carbons (Fsp3) is 0.259. The maximum absolute atomic E-state index is 12.4. The van der Waals surface area contributed by atoms with Crippen LogP contribution in [0.15, 0.2) is 71.8 Å². The molecular weight excluding hydrogens is 512 g/mol. The molecule has 0 saturated heterocycles. The summed E-state index contributed by atoms with van der Waals surface area (Å²) in [6.45, 7) is 7.28. The van der Waals surface area contributed by atoms with E-state index in [1.165, 1.54) is 17.7 Å². The number of pyridine rings is 1. The normalized spacial score (nSPS) is 11.7. The zero-order chi connectivity index (χ0) is 25.7. The van der Waals surface area contributed by atoms with Crippen LogP contribution in [0.4, 0.5) is 5.82 Å². The van der Waals surface area contributed by atoms with Gasteiger partial charge in [-0.15, -0.1) is 11.3 Å². The number of sulfonamides is 1. The van der Waals surface area contributed by atoms with Gasteiger partial charge in [-0.2, -0.15) is 0 Å². The highest BCUT2D eigenvalue weighted by molar-refractivity contribution is 7.89. The lowest BCUT2D eigenvalue weighted by atomic mass is 10.1. The molecule has 0 amide bonds. The number of hydrogen-bond acceptors (Lipinski definition) is 6. The zero-order valence-corrected chi connectivity index (χ0v) is 22.8. The summed E-state index contributed by atoms with van der Waals surface area (Å²) in [6.07, 6.45) is 2.39. The Kier molecular flexibility index (Phi) is 8.41. The number of aromatic nitrogens is 2. The van der Waals surface area contributed by atoms with E-state index in [1.807, 2.05) is 12.1 Å². The van der Waals surface area contributed by atoms with Gasteiger partial charge in [-0.3, -0.25) is 0 Å². The second-order valence-corrected chi connectivity index (χ2v) is 12.0. The summed E-state index contributed by atoms with van der Waals surface area (Å²) in [5, 5.41) is 4.90. The van der Waals surface area contributed by atoms with Gasteiger partial charge in [0, 0.05) is 35.8 Å². The molecule has 0 radical (unpaired) electrons. The molecule has 4 aromatic rings. The molecular formula is C27H29ClN4O2S2. The first-order valence-corrected chi connectivity index (χ1v) is 14.4. The number of aryl methyl sites for hydroxylation is 1. The van der Waals surface area contributed by atoms with E-state index in [9.17, 15) is 8.42 Å². The Bertz CT molecular complexity index is 1430. The van der Waals surface area contributed by atoms with E-state index in [0.29, 0.717) is 30.5 Å². The van der Waals surface area contributed by atoms with Crippen LogP contribution in [0.5, 0.6) is 0 Å². The third-order valence-corrected chi connectivity index (χ3v) is 8.66. The van der Waals surface area contributed by atoms with Gasteiger partial charge < -0.3 is 5.32 Å². The topological polar surface area (TPSA) is 84.0 Å². The molecule has 2 aromatic carbocycles. The van der Waals surface area contributed by atoms with Crippen LogP contribution in [-0.4, -0.2) is 31.5 Å². The molecule has 2 aromatic heterocycles. The lowest BCUT2D eigenvalue weighted by molar-refractivity contribution is 0.580. The van der Waals surface area contributed by atoms with Crippen molar-refractivity contribution in [2.75, 3.05) is 18.4 Å². The number of rotatable bonds is 10. The van der Waals surface area contributed by atoms with Crippen LogP contribution >= 0.6 is 22.9 Å². The monoisotopic (exact) mass is 540 g/mol. The first-order chi connectivity index (χ1) is 17.2. The predicted octanol–water partition coefficient (Wildman–Crippen LogP) is 6.74. The zero-order valence-electron chi connectivity index (χ0n) is 20.5. The third-order valence-electron chi connectivity index (χ3n) is 5.53. The number of anilines is 1. The predicted molar refractivity (Wildman–Crippen MR) is 149 cm³/mol. The van der Waals surface area contributed by atoms with E-state index in [4.69, 9.17) is 16.6 Å². The minimum atomic E-state index is -3.56. The smallest absolute Gasteiger partial charge is 0.240 e. The van der Waals surface area contributed by atoms with E-state index in [0.717, 1.165) is 32.5 Å². The first-order valence-electron chi connectivity index (χ1n) is 11.8. The maximum Gasteiger partial charge on any atom is 0.240 e. The van der Waals surface area contributed by atoms with Gasteiger partial charge in [0.15, 0.2) is 0 Å². The van der Waals surface area contributed by atoms with E-state index in [2.05, 4.69) is 60.1 Å². The summed E-state index contributed by atoms with van der Waals surface area (Å²) in [6, 6.07) is 18.5. The van der Waals surface area contributed by atoms with Crippen molar-refractivity contribution in [3.63, 3.8) is 0 Å². The van der Waals surface area contributed by atoms with Crippen LogP contribution in [0, 0.1) is 6.92 Å². The van der Waals surface area contributed by atoms with Crippen molar-refractivity contribution in [1.82, 2.24) is 14.7 Å². The Morgan fingerprint density at radius 3 is 2.50 bits per heavy atom. The number of nitrogens with zero attached hydrogens (tertiary/aromatic N) is 2. The van der Waals surface area contributed by atoms with Gasteiger partial charge in [-0.25, -0.2) is 23.1 Å². The summed E-state index contributed by atoms with van der Waals surface area (Å²) in [4.78, 5) is 10.7. The Balaban J connectivity index is 1.43. The highest BCUT2D eigenvalue weighted by Gasteiger charge is 2.17. The van der Waals surface area contributed by atoms with Crippen molar-refractivity contribution < 1.29 is 8.42 Å². The Morgan fingerprint density at radius 2 is 1.78 bits per heavy atom. The van der Waals surface area contributed by atoms with Crippen molar-refractivity contribution >= 4 is 38.8 Å². The molecule has 0 saturated carbocycles. The molecule has 0 fully saturated rings. The molecule has 4 rings (SSSR count). The summed E-state index contributed by atoms with van der Waals surface area (Å²) in [7, 11) is -3.56. The van der Waals surface area contributed by atoms with Gasteiger partial charge in [0.1, 0.15) is 5.82 Å². The second-order valence-electron chi connectivity index (χ2n) is 8.82. The molecule has 2 heterocycles. The van der Waals surface area contributed by atoms with Crippen LogP contribution in [-0.2, 0) is 10.0 Å². The molecule has 188 valence electrons. The Hall–Kier alpha value is -2.78. The van der Waals surface area contributed by atoms with Crippen molar-refractivity contribution in [2.45, 2.75) is 38.0 Å². The van der Waals surface area contributed by atoms with Gasteiger partial charge in [-0.05, 0) is 61.4 Å². The van der Waals surface area contributed by atoms with Crippen LogP contribution in [0.3, 0.4) is 0 Å². The Morgan fingerprint density at radius 1 is 1.00 bits per heavy atom. The number of halogens is 1. The van der Waals surface area contributed by atoms with Gasteiger partial charge in [0.2, 0.25) is 10.0 Å². The van der Waals surface area contributed by atoms with E-state index in [-0.39, 0.29) is 4.90 Å². The minimum absolute atomic E-state index is 0.198. The lowest BCUT2D eigenvalue weighted by Crippen LogP contribution is -2.26. The molecule has 0 bridgehead atoms. The average molecular weight is 541 g/mol. The second kappa shape index (κ2) is 11.5. The summed E-state index contributed by atoms with van der Waals surface area (Å²) in [5.74, 6) is 1.08. The molecule has 0 aliphatic carbocycles. The number of thiazole rings is 1. The highest BCUT2D eigenvalue weighted by atomic mass is 35.5. The summed E-state index contributed by atoms with van der Waals surface area (Å²) in [5.41, 5.74) is 4.34. The maximum atomic E-state index is 12.4. The van der Waals surface area contributed by atoms with Gasteiger partial charge in [0.05, 0.1) is 20.5 Å². The molecule has 9 heteroatoms. The lowest BCUT2D eigenvalue weighted by Gasteiger charge is -2.09. The largest absolute Gasteiger partial charge is 0.370 e. The molecule has 36 heavy (non-hydrogen) atoms. The van der Waals surface area contributed by atoms with Crippen LogP contribution in [0.2, 0.25) is 5.02 Å². The van der Waals surface area contributed by atoms with E-state index < -0.39 is 10.0 Å². The van der Waals surface area contributed by atoms with Crippen molar-refractivity contribution in [1.29, 1.82) is 0 Å². The van der Waals surface area contributed by atoms with Gasteiger partial charge in [0.25, 0.3) is 0 Å². The summed E-state index contributed by atoms with van der Waals surface area (Å²) >= 11 is 7.56. The number of hydrogen-bond donors (Lipinski definition) is 2. The molecule has 2 N–H and O–H groups in total. The fourth-order valence-electron chi connectivity index (χ4n) is 3.64. The average Bonchev–Trinajstić information content (AvgIpc) is 3.30. The van der Waals surface area contributed by atoms with Gasteiger partial charge in [-0.1, -0.05) is 49.2 Å². The number of nitrogens with one attached hydrogen (secondary N) is 2. The molecule has 0 unspecified atom stereocenters. The van der Waals surface area contributed by atoms with Crippen molar-refractivity contribution in [2.24, 2.45) is 0 Å². The first kappa shape index (κ1) is 26.3. The van der Waals surface area contributed by atoms with Crippen LogP contribution in [0.1, 0.15) is 36.8 Å². The Labute approximate surface area is 221 Å². The van der Waals surface area contributed by atoms with E-state index >= 15 is 0 Å². The highest BCUT2D eigenvalue weighted by Crippen LogP contribution is 2.39. The van der Waals surface area contributed by atoms with E-state index in [1.54, 1.807) is 29.7 Å². The fourth-order valence-corrected chi connectivity index (χ4v) is 5.93. The van der Waals surface area contributed by atoms with Crippen LogP contribution < -0.4 is 10.0 Å². The molecule has 6 nitrogen and oxygen atoms in total. The summed E-state index contributed by atoms with van der Waals surface area (Å²) < 4.78 is 27.4. The molecule has 0 aliphatic rings. The molecule has 0 atom stereocenters. The van der Waals surface area contributed by atoms with Crippen LogP contribution in [0.25, 0.3) is 21.7 Å². The SMILES string of the molecule is Cc1cccc(-c2nc(C(C)C)sc2-c2ccnc(NCCCNS(=O)(=O)c3ccc(Cl)cc3)c2)c1. The number of benzene rings is 2.